The van der Waals surface area contributed by atoms with Crippen LogP contribution in [0.25, 0.3) is 0 Å². The molecule has 0 aromatic heterocycles. The summed E-state index contributed by atoms with van der Waals surface area (Å²) in [6.07, 6.45) is 13.8. The number of allylic oxidation sites excluding steroid dienone is 1. The molecule has 7 atom stereocenters. The Kier molecular flexibility index (Phi) is 3.77. The van der Waals surface area contributed by atoms with E-state index in [1.807, 2.05) is 6.08 Å². The Hall–Kier alpha value is -0.600. The van der Waals surface area contributed by atoms with Crippen molar-refractivity contribution >= 4 is 0 Å². The minimum atomic E-state index is -0.525. The highest BCUT2D eigenvalue weighted by atomic mass is 16.3. The third-order valence-electron chi connectivity index (χ3n) is 8.24. The smallest absolute Gasteiger partial charge is 0.0738 e. The van der Waals surface area contributed by atoms with Gasteiger partial charge in [0.2, 0.25) is 0 Å². The van der Waals surface area contributed by atoms with Crippen molar-refractivity contribution in [3.63, 3.8) is 0 Å². The van der Waals surface area contributed by atoms with E-state index in [1.165, 1.54) is 32.1 Å². The largest absolute Gasteiger partial charge is 0.389 e. The molecule has 3 fully saturated rings. The third kappa shape index (κ3) is 2.21. The lowest BCUT2D eigenvalue weighted by Gasteiger charge is -2.56. The van der Waals surface area contributed by atoms with Crippen LogP contribution in [-0.4, -0.2) is 21.9 Å². The molecule has 3 saturated carbocycles. The lowest BCUT2D eigenvalue weighted by molar-refractivity contribution is -0.116. The fraction of sp³-hybridized carbons (Fsp3) is 0.810. The summed E-state index contributed by atoms with van der Waals surface area (Å²) in [6, 6.07) is 0. The van der Waals surface area contributed by atoms with E-state index < -0.39 is 5.60 Å². The van der Waals surface area contributed by atoms with Crippen LogP contribution in [0.5, 0.6) is 0 Å². The van der Waals surface area contributed by atoms with Gasteiger partial charge in [0.15, 0.2) is 0 Å². The number of rotatable bonds is 2. The van der Waals surface area contributed by atoms with E-state index in [0.717, 1.165) is 43.4 Å². The third-order valence-corrected chi connectivity index (χ3v) is 8.24. The first-order valence-electron chi connectivity index (χ1n) is 9.70. The van der Waals surface area contributed by atoms with Gasteiger partial charge in [0.25, 0.3) is 0 Å². The minimum absolute atomic E-state index is 0.0811. The molecule has 2 nitrogen and oxygen atoms in total. The first kappa shape index (κ1) is 15.9. The zero-order valence-electron chi connectivity index (χ0n) is 14.5. The summed E-state index contributed by atoms with van der Waals surface area (Å²) in [5, 5.41) is 21.2. The average Bonchev–Trinajstić information content (AvgIpc) is 2.79. The SMILES string of the molecule is C=CCC1(O)CCC2C3CCC4=CC(O)CC[C@@H]4[C@H]3CC[C@@]21C. The second-order valence-electron chi connectivity index (χ2n) is 8.98. The average molecular weight is 316 g/mol. The molecule has 0 aromatic rings. The van der Waals surface area contributed by atoms with Gasteiger partial charge in [-0.3, -0.25) is 0 Å². The van der Waals surface area contributed by atoms with Crippen molar-refractivity contribution in [2.45, 2.75) is 76.4 Å². The maximum Gasteiger partial charge on any atom is 0.0738 e. The Morgan fingerprint density at radius 1 is 1.17 bits per heavy atom. The monoisotopic (exact) mass is 316 g/mol. The Morgan fingerprint density at radius 2 is 2.00 bits per heavy atom. The van der Waals surface area contributed by atoms with Crippen molar-refractivity contribution in [2.75, 3.05) is 0 Å². The number of hydrogen-bond acceptors (Lipinski definition) is 2. The molecule has 0 spiro atoms. The van der Waals surface area contributed by atoms with Crippen molar-refractivity contribution in [3.05, 3.63) is 24.3 Å². The zero-order valence-corrected chi connectivity index (χ0v) is 14.5. The summed E-state index contributed by atoms with van der Waals surface area (Å²) >= 11 is 0. The number of aliphatic hydroxyl groups excluding tert-OH is 1. The summed E-state index contributed by atoms with van der Waals surface area (Å²) in [5.41, 5.74) is 1.11. The van der Waals surface area contributed by atoms with Crippen LogP contribution in [0, 0.1) is 29.1 Å². The van der Waals surface area contributed by atoms with Crippen molar-refractivity contribution < 1.29 is 10.2 Å². The van der Waals surface area contributed by atoms with E-state index in [4.69, 9.17) is 0 Å². The van der Waals surface area contributed by atoms with E-state index in [0.29, 0.717) is 5.92 Å². The van der Waals surface area contributed by atoms with Crippen molar-refractivity contribution in [2.24, 2.45) is 29.1 Å². The Balaban J connectivity index is 1.61. The summed E-state index contributed by atoms with van der Waals surface area (Å²) in [7, 11) is 0. The van der Waals surface area contributed by atoms with E-state index in [9.17, 15) is 10.2 Å². The van der Waals surface area contributed by atoms with Crippen LogP contribution in [0.1, 0.15) is 64.7 Å². The van der Waals surface area contributed by atoms with E-state index >= 15 is 0 Å². The minimum Gasteiger partial charge on any atom is -0.389 e. The molecule has 0 bridgehead atoms. The van der Waals surface area contributed by atoms with Gasteiger partial charge in [0, 0.05) is 0 Å². The normalized spacial score (nSPS) is 52.1. The lowest BCUT2D eigenvalue weighted by Crippen LogP contribution is -2.52. The second-order valence-corrected chi connectivity index (χ2v) is 8.98. The molecule has 0 radical (unpaired) electrons. The quantitative estimate of drug-likeness (QED) is 0.749. The van der Waals surface area contributed by atoms with Gasteiger partial charge in [0.05, 0.1) is 11.7 Å². The van der Waals surface area contributed by atoms with Crippen LogP contribution in [0.3, 0.4) is 0 Å². The fourth-order valence-corrected chi connectivity index (χ4v) is 7.00. The highest BCUT2D eigenvalue weighted by molar-refractivity contribution is 5.21. The molecule has 0 saturated heterocycles. The molecule has 0 amide bonds. The van der Waals surface area contributed by atoms with Gasteiger partial charge >= 0.3 is 0 Å². The molecule has 0 aliphatic heterocycles. The molecule has 0 aromatic carbocycles. The van der Waals surface area contributed by atoms with Gasteiger partial charge in [-0.25, -0.2) is 0 Å². The highest BCUT2D eigenvalue weighted by Crippen LogP contribution is 2.65. The standard InChI is InChI=1S/C21H32O2/c1-3-10-21(23)12-9-19-18-6-4-14-13-15(22)5-7-16(14)17(18)8-11-20(19,21)2/h3,13,15-19,22-23H,1,4-12H2,2H3/t15?,16-,17+,18?,19?,20-,21?/m0/s1. The number of fused-ring (bicyclic) bond motifs is 5. The molecule has 128 valence electrons. The van der Waals surface area contributed by atoms with Crippen LogP contribution in [-0.2, 0) is 0 Å². The summed E-state index contributed by atoms with van der Waals surface area (Å²) in [6.45, 7) is 6.25. The van der Waals surface area contributed by atoms with Crippen molar-refractivity contribution in [1.29, 1.82) is 0 Å². The first-order chi connectivity index (χ1) is 11.0. The molecule has 4 aliphatic carbocycles. The van der Waals surface area contributed by atoms with Crippen LogP contribution >= 0.6 is 0 Å². The first-order valence-corrected chi connectivity index (χ1v) is 9.70. The van der Waals surface area contributed by atoms with Crippen molar-refractivity contribution in [3.8, 4) is 0 Å². The van der Waals surface area contributed by atoms with E-state index in [-0.39, 0.29) is 11.5 Å². The van der Waals surface area contributed by atoms with Gasteiger partial charge in [-0.1, -0.05) is 24.6 Å². The molecule has 4 aliphatic rings. The molecule has 0 heterocycles. The highest BCUT2D eigenvalue weighted by Gasteiger charge is 2.61. The fourth-order valence-electron chi connectivity index (χ4n) is 7.00. The van der Waals surface area contributed by atoms with Gasteiger partial charge in [-0.15, -0.1) is 6.58 Å². The predicted molar refractivity (Wildman–Crippen MR) is 92.9 cm³/mol. The molecule has 4 unspecified atom stereocenters. The Morgan fingerprint density at radius 3 is 2.78 bits per heavy atom. The summed E-state index contributed by atoms with van der Waals surface area (Å²) < 4.78 is 0. The van der Waals surface area contributed by atoms with Crippen LogP contribution in [0.2, 0.25) is 0 Å². The van der Waals surface area contributed by atoms with Gasteiger partial charge < -0.3 is 10.2 Å². The van der Waals surface area contributed by atoms with Crippen molar-refractivity contribution in [1.82, 2.24) is 0 Å². The molecular formula is C21H32O2. The molecule has 2 N–H and O–H groups in total. The summed E-state index contributed by atoms with van der Waals surface area (Å²) in [4.78, 5) is 0. The maximum absolute atomic E-state index is 11.3. The molecule has 4 rings (SSSR count). The van der Waals surface area contributed by atoms with Crippen LogP contribution in [0.4, 0.5) is 0 Å². The van der Waals surface area contributed by atoms with E-state index in [2.05, 4.69) is 19.6 Å². The van der Waals surface area contributed by atoms with Crippen LogP contribution < -0.4 is 0 Å². The molecule has 23 heavy (non-hydrogen) atoms. The zero-order chi connectivity index (χ0) is 16.2. The second kappa shape index (κ2) is 5.46. The maximum atomic E-state index is 11.3. The summed E-state index contributed by atoms with van der Waals surface area (Å²) in [5.74, 6) is 2.98. The topological polar surface area (TPSA) is 40.5 Å². The Labute approximate surface area is 140 Å². The van der Waals surface area contributed by atoms with E-state index in [1.54, 1.807) is 5.57 Å². The van der Waals surface area contributed by atoms with Gasteiger partial charge in [0.1, 0.15) is 0 Å². The Bertz CT molecular complexity index is 524. The molecular weight excluding hydrogens is 284 g/mol. The van der Waals surface area contributed by atoms with Gasteiger partial charge in [-0.05, 0) is 86.9 Å². The molecule has 2 heteroatoms. The van der Waals surface area contributed by atoms with Crippen LogP contribution in [0.15, 0.2) is 24.3 Å². The van der Waals surface area contributed by atoms with Gasteiger partial charge in [-0.2, -0.15) is 0 Å². The lowest BCUT2D eigenvalue weighted by atomic mass is 9.50. The predicted octanol–water partition coefficient (Wildman–Crippen LogP) is 4.23. The number of hydrogen-bond donors (Lipinski definition) is 2. The number of aliphatic hydroxyl groups is 2.